The Hall–Kier alpha value is -2.00. The maximum atomic E-state index is 12.5. The molecule has 0 aliphatic rings. The molecule has 0 spiro atoms. The molecule has 18 heavy (non-hydrogen) atoms. The Morgan fingerprint density at radius 3 is 2.11 bits per heavy atom. The molecule has 1 heterocycles. The molecule has 1 aromatic rings. The molecule has 100 valence electrons. The lowest BCUT2D eigenvalue weighted by atomic mass is 10.1. The quantitative estimate of drug-likeness (QED) is 0.664. The van der Waals surface area contributed by atoms with Crippen LogP contribution >= 0.6 is 0 Å². The van der Waals surface area contributed by atoms with Gasteiger partial charge in [-0.2, -0.15) is 13.2 Å². The molecule has 0 amide bonds. The number of nitrogens with one attached hydrogen (secondary N) is 1. The minimum Gasteiger partial charge on any atom is -0.404 e. The number of hydrogen-bond donors (Lipinski definition) is 1. The summed E-state index contributed by atoms with van der Waals surface area (Å²) >= 11 is 0. The van der Waals surface area contributed by atoms with Gasteiger partial charge in [0.2, 0.25) is 0 Å². The average Bonchev–Trinajstić information content (AvgIpc) is 2.16. The van der Waals surface area contributed by atoms with E-state index in [0.29, 0.717) is 0 Å². The zero-order valence-corrected chi connectivity index (χ0v) is 8.15. The first-order chi connectivity index (χ1) is 8.06. The van der Waals surface area contributed by atoms with E-state index in [1.165, 1.54) is 0 Å². The van der Waals surface area contributed by atoms with Crippen LogP contribution in [0.5, 0.6) is 5.75 Å². The summed E-state index contributed by atoms with van der Waals surface area (Å²) in [5.74, 6) is -1.70. The van der Waals surface area contributed by atoms with Crippen molar-refractivity contribution in [1.82, 2.24) is 4.98 Å². The number of alkyl halides is 6. The van der Waals surface area contributed by atoms with E-state index in [4.69, 9.17) is 0 Å². The fourth-order valence-electron chi connectivity index (χ4n) is 1.14. The number of carbonyl (C=O) groups excluding carboxylic acids is 1. The molecule has 0 saturated carbocycles. The number of aromatic nitrogens is 1. The lowest BCUT2D eigenvalue weighted by Crippen LogP contribution is -2.25. The van der Waals surface area contributed by atoms with Gasteiger partial charge < -0.3 is 9.72 Å². The first-order valence-corrected chi connectivity index (χ1v) is 4.10. The van der Waals surface area contributed by atoms with Crippen LogP contribution in [0.4, 0.5) is 26.3 Å². The average molecular weight is 275 g/mol. The predicted octanol–water partition coefficient (Wildman–Crippen LogP) is 2.10. The topological polar surface area (TPSA) is 59.2 Å². The Morgan fingerprint density at radius 1 is 1.17 bits per heavy atom. The summed E-state index contributed by atoms with van der Waals surface area (Å²) < 4.78 is 76.2. The molecule has 0 aliphatic carbocycles. The van der Waals surface area contributed by atoms with Gasteiger partial charge in [-0.3, -0.25) is 9.59 Å². The van der Waals surface area contributed by atoms with Gasteiger partial charge >= 0.3 is 12.5 Å². The first kappa shape index (κ1) is 14.1. The van der Waals surface area contributed by atoms with Crippen molar-refractivity contribution in [3.8, 4) is 5.75 Å². The van der Waals surface area contributed by atoms with E-state index in [-0.39, 0.29) is 6.20 Å². The second kappa shape index (κ2) is 4.35. The highest BCUT2D eigenvalue weighted by atomic mass is 19.4. The Balaban J connectivity index is 3.53. The monoisotopic (exact) mass is 275 g/mol. The largest absolute Gasteiger partial charge is 0.573 e. The van der Waals surface area contributed by atoms with E-state index in [9.17, 15) is 35.9 Å². The van der Waals surface area contributed by atoms with Crippen LogP contribution in [0.1, 0.15) is 15.9 Å². The second-order valence-electron chi connectivity index (χ2n) is 2.93. The van der Waals surface area contributed by atoms with Crippen LogP contribution in [0.2, 0.25) is 0 Å². The van der Waals surface area contributed by atoms with Crippen molar-refractivity contribution in [3.05, 3.63) is 27.7 Å². The molecular weight excluding hydrogens is 272 g/mol. The van der Waals surface area contributed by atoms with Gasteiger partial charge in [0.25, 0.3) is 5.56 Å². The van der Waals surface area contributed by atoms with Gasteiger partial charge in [0, 0.05) is 6.20 Å². The number of hydrogen-bond acceptors (Lipinski definition) is 3. The molecule has 0 unspecified atom stereocenters. The third-order valence-electron chi connectivity index (χ3n) is 1.72. The number of aldehydes is 1. The molecule has 0 aliphatic heterocycles. The van der Waals surface area contributed by atoms with Gasteiger partial charge in [-0.1, -0.05) is 0 Å². The fourth-order valence-corrected chi connectivity index (χ4v) is 1.14. The van der Waals surface area contributed by atoms with Gasteiger partial charge in [0.1, 0.15) is 5.56 Å². The van der Waals surface area contributed by atoms with Crippen molar-refractivity contribution in [1.29, 1.82) is 0 Å². The van der Waals surface area contributed by atoms with Crippen molar-refractivity contribution in [2.75, 3.05) is 0 Å². The lowest BCUT2D eigenvalue weighted by Gasteiger charge is -2.15. The Morgan fingerprint density at radius 2 is 1.72 bits per heavy atom. The van der Waals surface area contributed by atoms with E-state index in [1.54, 1.807) is 4.98 Å². The highest BCUT2D eigenvalue weighted by Crippen LogP contribution is 2.38. The van der Waals surface area contributed by atoms with E-state index in [0.717, 1.165) is 0 Å². The van der Waals surface area contributed by atoms with Crippen molar-refractivity contribution < 1.29 is 35.9 Å². The molecular formula is C8H3F6NO3. The SMILES string of the molecule is O=Cc1c(C(F)(F)F)c(OC(F)(F)F)c[nH]c1=O. The molecule has 0 fully saturated rings. The van der Waals surface area contributed by atoms with E-state index in [1.807, 2.05) is 0 Å². The molecule has 4 nitrogen and oxygen atoms in total. The van der Waals surface area contributed by atoms with Crippen LogP contribution < -0.4 is 10.3 Å². The van der Waals surface area contributed by atoms with Crippen molar-refractivity contribution in [2.24, 2.45) is 0 Å². The molecule has 1 rings (SSSR count). The standard InChI is InChI=1S/C8H3F6NO3/c9-7(10,11)5-3(2-16)6(17)15-1-4(5)18-8(12,13)14/h1-2H,(H,15,17). The van der Waals surface area contributed by atoms with Crippen molar-refractivity contribution in [2.45, 2.75) is 12.5 Å². The summed E-state index contributed by atoms with van der Waals surface area (Å²) in [5, 5.41) is 0. The van der Waals surface area contributed by atoms with Crippen LogP contribution in [0.3, 0.4) is 0 Å². The fraction of sp³-hybridized carbons (Fsp3) is 0.250. The summed E-state index contributed by atoms with van der Waals surface area (Å²) in [6.07, 6.45) is -11.1. The van der Waals surface area contributed by atoms with Gasteiger partial charge in [-0.15, -0.1) is 13.2 Å². The highest BCUT2D eigenvalue weighted by Gasteiger charge is 2.42. The number of aromatic amines is 1. The van der Waals surface area contributed by atoms with Gasteiger partial charge in [0.05, 0.1) is 5.56 Å². The molecule has 0 saturated heterocycles. The molecule has 0 bridgehead atoms. The molecule has 0 atom stereocenters. The van der Waals surface area contributed by atoms with Crippen LogP contribution in [0.15, 0.2) is 11.0 Å². The minimum atomic E-state index is -5.39. The Labute approximate surface area is 94.2 Å². The van der Waals surface area contributed by atoms with Crippen molar-refractivity contribution >= 4 is 6.29 Å². The van der Waals surface area contributed by atoms with E-state index in [2.05, 4.69) is 4.74 Å². The summed E-state index contributed by atoms with van der Waals surface area (Å²) in [6.45, 7) is 0. The molecule has 0 radical (unpaired) electrons. The predicted molar refractivity (Wildman–Crippen MR) is 44.1 cm³/mol. The summed E-state index contributed by atoms with van der Waals surface area (Å²) in [4.78, 5) is 22.8. The van der Waals surface area contributed by atoms with Gasteiger partial charge in [0.15, 0.2) is 12.0 Å². The number of carbonyl (C=O) groups is 1. The summed E-state index contributed by atoms with van der Waals surface area (Å²) in [6, 6.07) is 0. The summed E-state index contributed by atoms with van der Waals surface area (Å²) in [7, 11) is 0. The number of H-pyrrole nitrogens is 1. The van der Waals surface area contributed by atoms with Crippen molar-refractivity contribution in [3.63, 3.8) is 0 Å². The molecule has 1 N–H and O–H groups in total. The van der Waals surface area contributed by atoms with Crippen LogP contribution in [0, 0.1) is 0 Å². The minimum absolute atomic E-state index is 0.0889. The van der Waals surface area contributed by atoms with E-state index >= 15 is 0 Å². The maximum absolute atomic E-state index is 12.5. The number of halogens is 6. The second-order valence-corrected chi connectivity index (χ2v) is 2.93. The first-order valence-electron chi connectivity index (χ1n) is 4.10. The molecule has 1 aromatic heterocycles. The van der Waals surface area contributed by atoms with Crippen LogP contribution in [-0.4, -0.2) is 17.6 Å². The summed E-state index contributed by atoms with van der Waals surface area (Å²) in [5.41, 5.74) is -5.02. The van der Waals surface area contributed by atoms with Gasteiger partial charge in [-0.05, 0) is 0 Å². The molecule has 0 aromatic carbocycles. The smallest absolute Gasteiger partial charge is 0.404 e. The lowest BCUT2D eigenvalue weighted by molar-refractivity contribution is -0.276. The normalized spacial score (nSPS) is 12.3. The zero-order chi connectivity index (χ0) is 14.1. The van der Waals surface area contributed by atoms with Crippen LogP contribution in [0.25, 0.3) is 0 Å². The number of ether oxygens (including phenoxy) is 1. The highest BCUT2D eigenvalue weighted by molar-refractivity contribution is 5.78. The number of rotatable bonds is 2. The van der Waals surface area contributed by atoms with Gasteiger partial charge in [-0.25, -0.2) is 0 Å². The third kappa shape index (κ3) is 3.02. The number of pyridine rings is 1. The maximum Gasteiger partial charge on any atom is 0.573 e. The van der Waals surface area contributed by atoms with Crippen LogP contribution in [-0.2, 0) is 6.18 Å². The Bertz CT molecular complexity index is 515. The molecule has 10 heteroatoms. The Kier molecular flexibility index (Phi) is 3.40. The third-order valence-corrected chi connectivity index (χ3v) is 1.72. The van der Waals surface area contributed by atoms with E-state index < -0.39 is 41.3 Å². The zero-order valence-electron chi connectivity index (χ0n) is 8.15.